The first kappa shape index (κ1) is 41.4. The predicted molar refractivity (Wildman–Crippen MR) is 211 cm³/mol. The van der Waals surface area contributed by atoms with E-state index in [9.17, 15) is 25.9 Å². The van der Waals surface area contributed by atoms with Gasteiger partial charge in [-0.05, 0) is 24.3 Å². The Balaban J connectivity index is 0.000000184. The minimum Gasteiger partial charge on any atom is -0.744 e. The van der Waals surface area contributed by atoms with Crippen LogP contribution in [-0.2, 0) is 46.4 Å². The zero-order valence-electron chi connectivity index (χ0n) is 30.3. The first-order chi connectivity index (χ1) is 25.7. The lowest BCUT2D eigenvalue weighted by atomic mass is 10.0. The number of quaternary nitrogens is 2. The van der Waals surface area contributed by atoms with E-state index in [1.54, 1.807) is 0 Å². The van der Waals surface area contributed by atoms with Crippen LogP contribution in [0.4, 0.5) is 11.4 Å². The van der Waals surface area contributed by atoms with Crippen molar-refractivity contribution in [2.75, 3.05) is 25.6 Å². The molecule has 0 amide bonds. The van der Waals surface area contributed by atoms with E-state index in [2.05, 4.69) is 135 Å². The molecule has 10 nitrogen and oxygen atoms in total. The molecule has 0 spiro atoms. The average molecular weight is 767 g/mol. The maximum absolute atomic E-state index is 11.3. The first-order valence-corrected chi connectivity index (χ1v) is 20.0. The largest absolute Gasteiger partial charge is 0.744 e. The number of rotatable bonds is 11. The molecular formula is C42H46N4O6S2. The van der Waals surface area contributed by atoms with E-state index in [0.717, 1.165) is 50.4 Å². The molecule has 0 atom stereocenters. The smallest absolute Gasteiger partial charge is 0.125 e. The van der Waals surface area contributed by atoms with E-state index in [4.69, 9.17) is 11.5 Å². The molecule has 0 aliphatic carbocycles. The fourth-order valence-electron chi connectivity index (χ4n) is 5.84. The Morgan fingerprint density at radius 3 is 0.889 bits per heavy atom. The highest BCUT2D eigenvalue weighted by atomic mass is 32.2. The molecule has 0 saturated carbocycles. The number of anilines is 2. The zero-order valence-corrected chi connectivity index (χ0v) is 31.9. The molecule has 6 aromatic carbocycles. The second-order valence-electron chi connectivity index (χ2n) is 13.0. The Bertz CT molecular complexity index is 2030. The van der Waals surface area contributed by atoms with E-state index in [0.29, 0.717) is 0 Å². The maximum Gasteiger partial charge on any atom is 0.125 e. The number of nitrogen functional groups attached to an aromatic ring is 2. The van der Waals surface area contributed by atoms with E-state index >= 15 is 0 Å². The van der Waals surface area contributed by atoms with Gasteiger partial charge in [-0.2, -0.15) is 0 Å². The molecule has 6 N–H and O–H groups in total. The Kier molecular flexibility index (Phi) is 15.1. The van der Waals surface area contributed by atoms with E-state index in [1.165, 1.54) is 44.2 Å². The summed E-state index contributed by atoms with van der Waals surface area (Å²) in [5.74, 6) is 0. The van der Waals surface area contributed by atoms with Crippen molar-refractivity contribution >= 4 is 31.6 Å². The third-order valence-electron chi connectivity index (χ3n) is 8.24. The quantitative estimate of drug-likeness (QED) is 0.113. The Morgan fingerprint density at radius 1 is 0.426 bits per heavy atom. The van der Waals surface area contributed by atoms with Crippen LogP contribution in [-0.4, -0.2) is 40.0 Å². The molecule has 0 saturated heterocycles. The summed E-state index contributed by atoms with van der Waals surface area (Å²) in [5.41, 5.74) is 16.0. The van der Waals surface area contributed by atoms with Crippen LogP contribution in [0.15, 0.2) is 168 Å². The molecule has 0 aliphatic heterocycles. The topological polar surface area (TPSA) is 175 Å². The molecule has 0 fully saturated rings. The summed E-state index contributed by atoms with van der Waals surface area (Å²) in [4.78, 5) is 1.58. The lowest BCUT2D eigenvalue weighted by molar-refractivity contribution is -0.907. The van der Waals surface area contributed by atoms with Crippen LogP contribution in [0.25, 0.3) is 11.1 Å². The summed E-state index contributed by atoms with van der Waals surface area (Å²) < 4.78 is 68.1. The molecule has 0 bridgehead atoms. The van der Waals surface area contributed by atoms with Crippen molar-refractivity contribution in [1.82, 2.24) is 0 Å². The molecule has 0 radical (unpaired) electrons. The van der Waals surface area contributed by atoms with Gasteiger partial charge in [0.1, 0.15) is 46.4 Å². The normalized spacial score (nSPS) is 11.3. The highest BCUT2D eigenvalue weighted by molar-refractivity contribution is 7.86. The van der Waals surface area contributed by atoms with E-state index < -0.39 is 30.0 Å². The summed E-state index contributed by atoms with van der Waals surface area (Å²) in [7, 11) is -5.40. The van der Waals surface area contributed by atoms with Crippen molar-refractivity contribution in [2.24, 2.45) is 0 Å². The highest BCUT2D eigenvalue weighted by Crippen LogP contribution is 2.34. The minimum atomic E-state index is -4.93. The monoisotopic (exact) mass is 766 g/mol. The minimum absolute atomic E-state index is 0.000139. The summed E-state index contributed by atoms with van der Waals surface area (Å²) >= 11 is 0. The number of hydrogen-bond acceptors (Lipinski definition) is 8. The van der Waals surface area contributed by atoms with Crippen LogP contribution in [0.2, 0.25) is 0 Å². The lowest BCUT2D eigenvalue weighted by Gasteiger charge is -2.18. The third-order valence-corrected chi connectivity index (χ3v) is 9.99. The van der Waals surface area contributed by atoms with Gasteiger partial charge in [0.2, 0.25) is 0 Å². The van der Waals surface area contributed by atoms with E-state index in [1.807, 2.05) is 0 Å². The van der Waals surface area contributed by atoms with Crippen LogP contribution in [0.5, 0.6) is 0 Å². The Hall–Kier alpha value is -5.34. The maximum atomic E-state index is 11.3. The van der Waals surface area contributed by atoms with Crippen molar-refractivity contribution in [3.63, 3.8) is 0 Å². The molecule has 6 rings (SSSR count). The van der Waals surface area contributed by atoms with Crippen molar-refractivity contribution in [3.8, 4) is 11.1 Å². The summed E-state index contributed by atoms with van der Waals surface area (Å²) in [6.45, 7) is 4.32. The second-order valence-corrected chi connectivity index (χ2v) is 15.7. The van der Waals surface area contributed by atoms with Crippen molar-refractivity contribution in [2.45, 2.75) is 36.0 Å². The Morgan fingerprint density at radius 2 is 0.667 bits per heavy atom. The number of nitrogens with one attached hydrogen (secondary N) is 2. The number of hydrogen-bond donors (Lipinski definition) is 4. The molecule has 12 heteroatoms. The standard InChI is InChI=1S/2C15H17N.C12H12N2O6S2/c2*1-16(12-14-8-4-2-5-9-14)13-15-10-6-3-7-11-15;13-7-1-3-9(11(5-7)21(15,16)17)10-4-2-8(14)6-12(10)22(18,19)20/h2*2-11H,12-13H2,1H3;1-6H,13-14H2,(H,15,16,17)(H,18,19,20). The van der Waals surface area contributed by atoms with Crippen LogP contribution in [0.3, 0.4) is 0 Å². The van der Waals surface area contributed by atoms with Crippen LogP contribution >= 0.6 is 0 Å². The zero-order chi connectivity index (χ0) is 39.1. The molecule has 282 valence electrons. The lowest BCUT2D eigenvalue weighted by Crippen LogP contribution is -3.06. The van der Waals surface area contributed by atoms with Gasteiger partial charge in [0, 0.05) is 44.8 Å². The fraction of sp³-hybridized carbons (Fsp3) is 0.143. The van der Waals surface area contributed by atoms with E-state index in [-0.39, 0.29) is 22.5 Å². The SMILES string of the molecule is C[NH+](Cc1ccccc1)Cc1ccccc1.C[NH+](Cc1ccccc1)Cc1ccccc1.Nc1ccc(-c2ccc(N)cc2S(=O)(=O)[O-])c(S(=O)(=O)[O-])c1. The molecule has 54 heavy (non-hydrogen) atoms. The van der Waals surface area contributed by atoms with Crippen molar-refractivity contribution in [3.05, 3.63) is 180 Å². The fourth-order valence-corrected chi connectivity index (χ4v) is 7.29. The van der Waals surface area contributed by atoms with Crippen molar-refractivity contribution in [1.29, 1.82) is 0 Å². The van der Waals surface area contributed by atoms with Gasteiger partial charge < -0.3 is 30.4 Å². The molecular weight excluding hydrogens is 721 g/mol. The van der Waals surface area contributed by atoms with Gasteiger partial charge >= 0.3 is 0 Å². The van der Waals surface area contributed by atoms with Crippen LogP contribution in [0.1, 0.15) is 22.3 Å². The molecule has 0 aromatic heterocycles. The highest BCUT2D eigenvalue weighted by Gasteiger charge is 2.18. The Labute approximate surface area is 318 Å². The molecule has 6 aromatic rings. The number of benzene rings is 6. The number of nitrogens with two attached hydrogens (primary N) is 2. The molecule has 0 aliphatic rings. The summed E-state index contributed by atoms with van der Waals surface area (Å²) in [6, 6.07) is 49.3. The summed E-state index contributed by atoms with van der Waals surface area (Å²) in [5, 5.41) is 0. The van der Waals surface area contributed by atoms with Gasteiger partial charge in [0.25, 0.3) is 0 Å². The molecule has 0 heterocycles. The molecule has 0 unspecified atom stereocenters. The van der Waals surface area contributed by atoms with Gasteiger partial charge in [0.05, 0.1) is 23.9 Å². The third kappa shape index (κ3) is 13.6. The van der Waals surface area contributed by atoms with Gasteiger partial charge in [0.15, 0.2) is 0 Å². The van der Waals surface area contributed by atoms with Gasteiger partial charge in [-0.25, -0.2) is 16.8 Å². The first-order valence-electron chi connectivity index (χ1n) is 17.2. The average Bonchev–Trinajstić information content (AvgIpc) is 3.13. The summed E-state index contributed by atoms with van der Waals surface area (Å²) in [6.07, 6.45) is 0. The van der Waals surface area contributed by atoms with Crippen LogP contribution < -0.4 is 21.3 Å². The van der Waals surface area contributed by atoms with Crippen molar-refractivity contribution < 1.29 is 35.7 Å². The van der Waals surface area contributed by atoms with Crippen LogP contribution in [0, 0.1) is 0 Å². The van der Waals surface area contributed by atoms with Gasteiger partial charge in [-0.3, -0.25) is 0 Å². The van der Waals surface area contributed by atoms with Gasteiger partial charge in [-0.15, -0.1) is 0 Å². The second kappa shape index (κ2) is 19.7. The predicted octanol–water partition coefficient (Wildman–Crippen LogP) is 4.13. The van der Waals surface area contributed by atoms with Gasteiger partial charge in [-0.1, -0.05) is 133 Å².